The van der Waals surface area contributed by atoms with Gasteiger partial charge in [-0.25, -0.2) is 8.42 Å². The molecule has 4 rings (SSSR count). The van der Waals surface area contributed by atoms with Crippen LogP contribution in [0.25, 0.3) is 0 Å². The number of nitrogens with one attached hydrogen (secondary N) is 1. The Balaban J connectivity index is 1.69. The van der Waals surface area contributed by atoms with Gasteiger partial charge in [0.1, 0.15) is 24.1 Å². The van der Waals surface area contributed by atoms with Gasteiger partial charge in [0.05, 0.1) is 10.6 Å². The molecule has 43 heavy (non-hydrogen) atoms. The van der Waals surface area contributed by atoms with E-state index < -0.39 is 28.5 Å². The number of hydrogen-bond donors (Lipinski definition) is 1. The number of carbonyl (C=O) groups is 2. The molecule has 0 saturated heterocycles. The zero-order valence-corrected chi connectivity index (χ0v) is 25.6. The summed E-state index contributed by atoms with van der Waals surface area (Å²) in [6, 6.07) is 30.4. The second-order valence-corrected chi connectivity index (χ2v) is 12.4. The molecular weight excluding hydrogens is 562 g/mol. The van der Waals surface area contributed by atoms with Gasteiger partial charge < -0.3 is 15.0 Å². The predicted octanol–water partition coefficient (Wildman–Crippen LogP) is 5.92. The van der Waals surface area contributed by atoms with E-state index in [2.05, 4.69) is 5.32 Å². The fourth-order valence-electron chi connectivity index (χ4n) is 4.55. The Bertz CT molecular complexity index is 1630. The number of amides is 2. The zero-order chi connectivity index (χ0) is 31.0. The molecule has 224 valence electrons. The maximum atomic E-state index is 14.0. The van der Waals surface area contributed by atoms with Crippen molar-refractivity contribution in [2.24, 2.45) is 0 Å². The van der Waals surface area contributed by atoms with Crippen LogP contribution < -0.4 is 14.4 Å². The van der Waals surface area contributed by atoms with Gasteiger partial charge in [0.15, 0.2) is 0 Å². The number of ether oxygens (including phenoxy) is 1. The van der Waals surface area contributed by atoms with Crippen molar-refractivity contribution in [1.29, 1.82) is 0 Å². The molecule has 8 nitrogen and oxygen atoms in total. The van der Waals surface area contributed by atoms with Gasteiger partial charge in [-0.3, -0.25) is 13.9 Å². The van der Waals surface area contributed by atoms with Crippen LogP contribution in [-0.4, -0.2) is 43.8 Å². The molecule has 4 aromatic carbocycles. The molecule has 0 fully saturated rings. The Morgan fingerprint density at radius 1 is 0.791 bits per heavy atom. The van der Waals surface area contributed by atoms with Crippen molar-refractivity contribution in [3.05, 3.63) is 120 Å². The number of rotatable bonds is 12. The van der Waals surface area contributed by atoms with E-state index >= 15 is 0 Å². The summed E-state index contributed by atoms with van der Waals surface area (Å²) in [5, 5.41) is 2.86. The highest BCUT2D eigenvalue weighted by Crippen LogP contribution is 2.28. The Hall–Kier alpha value is -4.63. The van der Waals surface area contributed by atoms with Crippen molar-refractivity contribution < 1.29 is 22.7 Å². The molecule has 1 N–H and O–H groups in total. The molecule has 0 heterocycles. The molecule has 1 atom stereocenters. The van der Waals surface area contributed by atoms with Gasteiger partial charge in [-0.1, -0.05) is 66.2 Å². The van der Waals surface area contributed by atoms with Crippen LogP contribution in [0.1, 0.15) is 31.9 Å². The summed E-state index contributed by atoms with van der Waals surface area (Å²) < 4.78 is 34.9. The molecule has 0 radical (unpaired) electrons. The minimum atomic E-state index is -4.15. The van der Waals surface area contributed by atoms with E-state index in [9.17, 15) is 18.0 Å². The van der Waals surface area contributed by atoms with Crippen LogP contribution in [-0.2, 0) is 26.2 Å². The van der Waals surface area contributed by atoms with Gasteiger partial charge in [0.25, 0.3) is 10.0 Å². The first kappa shape index (κ1) is 31.3. The smallest absolute Gasteiger partial charge is 0.264 e. The molecule has 4 aromatic rings. The molecule has 0 aromatic heterocycles. The van der Waals surface area contributed by atoms with E-state index in [-0.39, 0.29) is 29.1 Å². The van der Waals surface area contributed by atoms with Crippen LogP contribution in [0.15, 0.2) is 114 Å². The highest BCUT2D eigenvalue weighted by Gasteiger charge is 2.32. The number of nitrogens with zero attached hydrogens (tertiary/aromatic N) is 2. The zero-order valence-electron chi connectivity index (χ0n) is 24.8. The Morgan fingerprint density at radius 3 is 2.00 bits per heavy atom. The van der Waals surface area contributed by atoms with Crippen LogP contribution >= 0.6 is 0 Å². The first-order chi connectivity index (χ1) is 20.5. The second-order valence-electron chi connectivity index (χ2n) is 10.6. The van der Waals surface area contributed by atoms with Crippen LogP contribution in [0.5, 0.6) is 11.5 Å². The van der Waals surface area contributed by atoms with Gasteiger partial charge in [-0.15, -0.1) is 0 Å². The van der Waals surface area contributed by atoms with Crippen LogP contribution in [0.4, 0.5) is 5.69 Å². The van der Waals surface area contributed by atoms with E-state index in [1.807, 2.05) is 75.4 Å². The van der Waals surface area contributed by atoms with E-state index in [4.69, 9.17) is 4.74 Å². The lowest BCUT2D eigenvalue weighted by Crippen LogP contribution is -2.52. The maximum absolute atomic E-state index is 14.0. The third-order valence-electron chi connectivity index (χ3n) is 6.75. The van der Waals surface area contributed by atoms with Crippen molar-refractivity contribution in [3.8, 4) is 11.5 Å². The molecule has 9 heteroatoms. The summed E-state index contributed by atoms with van der Waals surface area (Å²) in [6.07, 6.45) is 0. The summed E-state index contributed by atoms with van der Waals surface area (Å²) in [7, 11) is -4.15. The Morgan fingerprint density at radius 2 is 1.40 bits per heavy atom. The van der Waals surface area contributed by atoms with E-state index in [1.165, 1.54) is 17.0 Å². The molecule has 0 aliphatic heterocycles. The van der Waals surface area contributed by atoms with Crippen molar-refractivity contribution >= 4 is 27.5 Å². The normalized spacial score (nSPS) is 11.9. The average Bonchev–Trinajstić information content (AvgIpc) is 2.99. The summed E-state index contributed by atoms with van der Waals surface area (Å²) in [5.41, 5.74) is 2.13. The van der Waals surface area contributed by atoms with Crippen molar-refractivity contribution in [3.63, 3.8) is 0 Å². The summed E-state index contributed by atoms with van der Waals surface area (Å²) in [6.45, 7) is 6.91. The number of benzene rings is 4. The first-order valence-electron chi connectivity index (χ1n) is 14.1. The summed E-state index contributed by atoms with van der Waals surface area (Å²) >= 11 is 0. The number of carbonyl (C=O) groups excluding carboxylic acids is 2. The van der Waals surface area contributed by atoms with Crippen LogP contribution in [0.2, 0.25) is 0 Å². The monoisotopic (exact) mass is 599 g/mol. The third kappa shape index (κ3) is 8.23. The molecule has 0 saturated carbocycles. The van der Waals surface area contributed by atoms with Crippen LogP contribution in [0.3, 0.4) is 0 Å². The Labute approximate surface area is 254 Å². The first-order valence-corrected chi connectivity index (χ1v) is 15.5. The van der Waals surface area contributed by atoms with Gasteiger partial charge in [-0.05, 0) is 81.8 Å². The summed E-state index contributed by atoms with van der Waals surface area (Å²) in [4.78, 5) is 28.6. The average molecular weight is 600 g/mol. The number of sulfonamides is 1. The van der Waals surface area contributed by atoms with Crippen molar-refractivity contribution in [2.45, 2.75) is 51.2 Å². The number of hydrogen-bond acceptors (Lipinski definition) is 5. The highest BCUT2D eigenvalue weighted by atomic mass is 32.2. The second kappa shape index (κ2) is 14.0. The minimum Gasteiger partial charge on any atom is -0.457 e. The molecule has 0 bridgehead atoms. The molecular formula is C34H37N3O5S. The molecule has 1 unspecified atom stereocenters. The fourth-order valence-corrected chi connectivity index (χ4v) is 5.98. The lowest BCUT2D eigenvalue weighted by molar-refractivity contribution is -0.139. The standard InChI is InChI=1S/C34H37N3O5S/c1-25(2)35-34(39)27(4)36(23-28-13-11-12-26(3)22-28)33(38)24-37(43(40,41)32-16-9-6-10-17-32)29-18-20-31(21-19-29)42-30-14-7-5-8-15-30/h5-22,25,27H,23-24H2,1-4H3,(H,35,39). The largest absolute Gasteiger partial charge is 0.457 e. The van der Waals surface area contributed by atoms with E-state index in [0.717, 1.165) is 15.4 Å². The number of anilines is 1. The van der Waals surface area contributed by atoms with Crippen molar-refractivity contribution in [2.75, 3.05) is 10.8 Å². The number of para-hydroxylation sites is 1. The third-order valence-corrected chi connectivity index (χ3v) is 8.54. The predicted molar refractivity (Wildman–Crippen MR) is 168 cm³/mol. The topological polar surface area (TPSA) is 96.0 Å². The lowest BCUT2D eigenvalue weighted by Gasteiger charge is -2.32. The van der Waals surface area contributed by atoms with Crippen LogP contribution in [0, 0.1) is 6.92 Å². The van der Waals surface area contributed by atoms with E-state index in [0.29, 0.717) is 11.5 Å². The molecule has 0 aliphatic rings. The number of aryl methyl sites for hydroxylation is 1. The van der Waals surface area contributed by atoms with E-state index in [1.54, 1.807) is 49.4 Å². The summed E-state index contributed by atoms with van der Waals surface area (Å²) in [5.74, 6) is 0.311. The maximum Gasteiger partial charge on any atom is 0.264 e. The SMILES string of the molecule is Cc1cccc(CN(C(=O)CN(c2ccc(Oc3ccccc3)cc2)S(=O)(=O)c2ccccc2)C(C)C(=O)NC(C)C)c1. The lowest BCUT2D eigenvalue weighted by atomic mass is 10.1. The highest BCUT2D eigenvalue weighted by molar-refractivity contribution is 7.92. The van der Waals surface area contributed by atoms with Gasteiger partial charge in [0, 0.05) is 12.6 Å². The van der Waals surface area contributed by atoms with Gasteiger partial charge in [0.2, 0.25) is 11.8 Å². The molecule has 0 aliphatic carbocycles. The minimum absolute atomic E-state index is 0.0447. The quantitative estimate of drug-likeness (QED) is 0.218. The molecule has 2 amide bonds. The molecule has 0 spiro atoms. The van der Waals surface area contributed by atoms with Gasteiger partial charge >= 0.3 is 0 Å². The van der Waals surface area contributed by atoms with Crippen molar-refractivity contribution in [1.82, 2.24) is 10.2 Å². The van der Waals surface area contributed by atoms with Gasteiger partial charge in [-0.2, -0.15) is 0 Å². The Kier molecular flexibility index (Phi) is 10.2. The fraction of sp³-hybridized carbons (Fsp3) is 0.235.